The van der Waals surface area contributed by atoms with Gasteiger partial charge in [0.2, 0.25) is 0 Å². The molecule has 0 amide bonds. The second kappa shape index (κ2) is 9.50. The Labute approximate surface area is 164 Å². The van der Waals surface area contributed by atoms with E-state index in [1.165, 1.54) is 19.4 Å². The summed E-state index contributed by atoms with van der Waals surface area (Å²) in [6.45, 7) is 10.6. The van der Waals surface area contributed by atoms with Crippen molar-refractivity contribution in [2.45, 2.75) is 50.2 Å². The fourth-order valence-electron chi connectivity index (χ4n) is 4.42. The molecule has 2 unspecified atom stereocenters. The van der Waals surface area contributed by atoms with Crippen LogP contribution in [0.4, 0.5) is 0 Å². The van der Waals surface area contributed by atoms with E-state index in [1.807, 2.05) is 6.07 Å². The Morgan fingerprint density at radius 3 is 2.26 bits per heavy atom. The van der Waals surface area contributed by atoms with Crippen LogP contribution in [0.3, 0.4) is 0 Å². The third kappa shape index (κ3) is 6.28. The molecule has 2 atom stereocenters. The number of sulfone groups is 1. The predicted octanol–water partition coefficient (Wildman–Crippen LogP) is 2.67. The van der Waals surface area contributed by atoms with Gasteiger partial charge in [-0.25, -0.2) is 8.42 Å². The number of ether oxygens (including phenoxy) is 1. The smallest absolute Gasteiger partial charge is 0.178 e. The molecule has 1 aromatic rings. The first-order valence-corrected chi connectivity index (χ1v) is 12.0. The highest BCUT2D eigenvalue weighted by Crippen LogP contribution is 2.21. The molecule has 0 bridgehead atoms. The molecule has 0 spiro atoms. The molecule has 2 aliphatic rings. The summed E-state index contributed by atoms with van der Waals surface area (Å²) in [5.74, 6) is 0.993. The highest BCUT2D eigenvalue weighted by Gasteiger charge is 2.26. The number of hydrogen-bond acceptors (Lipinski definition) is 5. The van der Waals surface area contributed by atoms with Gasteiger partial charge in [0.25, 0.3) is 0 Å². The van der Waals surface area contributed by atoms with Gasteiger partial charge in [-0.3, -0.25) is 4.90 Å². The third-order valence-corrected chi connectivity index (χ3v) is 7.53. The first kappa shape index (κ1) is 20.8. The van der Waals surface area contributed by atoms with Crippen molar-refractivity contribution in [1.82, 2.24) is 9.80 Å². The van der Waals surface area contributed by atoms with Crippen LogP contribution in [-0.2, 0) is 14.6 Å². The van der Waals surface area contributed by atoms with Crippen LogP contribution in [0.15, 0.2) is 35.2 Å². The SMILES string of the molecule is CC1CN(CC2CCN(CCCS(=O)(=O)c3ccccc3)CC2)CC(C)O1. The van der Waals surface area contributed by atoms with Crippen LogP contribution < -0.4 is 0 Å². The first-order valence-electron chi connectivity index (χ1n) is 10.3. The minimum Gasteiger partial charge on any atom is -0.373 e. The van der Waals surface area contributed by atoms with Crippen LogP contribution in [-0.4, -0.2) is 75.4 Å². The van der Waals surface area contributed by atoms with E-state index in [-0.39, 0.29) is 5.75 Å². The Hall–Kier alpha value is -0.950. The Bertz CT molecular complexity index is 662. The summed E-state index contributed by atoms with van der Waals surface area (Å²) in [7, 11) is -3.15. The van der Waals surface area contributed by atoms with E-state index in [0.29, 0.717) is 23.5 Å². The third-order valence-electron chi connectivity index (χ3n) is 5.71. The molecule has 1 aromatic carbocycles. The predicted molar refractivity (Wildman–Crippen MR) is 109 cm³/mol. The van der Waals surface area contributed by atoms with E-state index in [1.54, 1.807) is 24.3 Å². The number of morpholine rings is 1. The van der Waals surface area contributed by atoms with Crippen molar-refractivity contribution in [2.24, 2.45) is 5.92 Å². The molecule has 5 nitrogen and oxygen atoms in total. The maximum atomic E-state index is 12.4. The Balaban J connectivity index is 1.36. The van der Waals surface area contributed by atoms with Crippen LogP contribution in [0, 0.1) is 5.92 Å². The van der Waals surface area contributed by atoms with E-state index < -0.39 is 9.84 Å². The summed E-state index contributed by atoms with van der Waals surface area (Å²) >= 11 is 0. The lowest BCUT2D eigenvalue weighted by molar-refractivity contribution is -0.0731. The first-order chi connectivity index (χ1) is 12.9. The minimum absolute atomic E-state index is 0.237. The van der Waals surface area contributed by atoms with Crippen LogP contribution in [0.2, 0.25) is 0 Å². The average Bonchev–Trinajstić information content (AvgIpc) is 2.63. The fraction of sp³-hybridized carbons (Fsp3) is 0.714. The molecule has 27 heavy (non-hydrogen) atoms. The molecule has 0 aliphatic carbocycles. The summed E-state index contributed by atoms with van der Waals surface area (Å²) in [5, 5.41) is 0. The Morgan fingerprint density at radius 1 is 1.00 bits per heavy atom. The normalized spacial score (nSPS) is 26.3. The molecule has 2 aliphatic heterocycles. The quantitative estimate of drug-likeness (QED) is 0.712. The molecule has 3 rings (SSSR count). The molecule has 0 N–H and O–H groups in total. The summed E-state index contributed by atoms with van der Waals surface area (Å²) < 4.78 is 30.6. The van der Waals surface area contributed by atoms with Crippen molar-refractivity contribution < 1.29 is 13.2 Å². The number of piperidine rings is 1. The van der Waals surface area contributed by atoms with Crippen molar-refractivity contribution in [3.05, 3.63) is 30.3 Å². The van der Waals surface area contributed by atoms with E-state index in [0.717, 1.165) is 38.6 Å². The molecule has 2 fully saturated rings. The largest absolute Gasteiger partial charge is 0.373 e. The van der Waals surface area contributed by atoms with Crippen molar-refractivity contribution >= 4 is 9.84 Å². The Morgan fingerprint density at radius 2 is 1.63 bits per heavy atom. The van der Waals surface area contributed by atoms with Gasteiger partial charge in [-0.15, -0.1) is 0 Å². The van der Waals surface area contributed by atoms with E-state index in [2.05, 4.69) is 23.6 Å². The van der Waals surface area contributed by atoms with E-state index >= 15 is 0 Å². The van der Waals surface area contributed by atoms with E-state index in [9.17, 15) is 8.42 Å². The maximum Gasteiger partial charge on any atom is 0.178 e. The molecule has 0 radical (unpaired) electrons. The zero-order valence-electron chi connectivity index (χ0n) is 16.7. The number of benzene rings is 1. The van der Waals surface area contributed by atoms with Gasteiger partial charge in [0.05, 0.1) is 22.9 Å². The average molecular weight is 395 g/mol. The van der Waals surface area contributed by atoms with Crippen LogP contribution >= 0.6 is 0 Å². The number of nitrogens with zero attached hydrogens (tertiary/aromatic N) is 2. The Kier molecular flexibility index (Phi) is 7.31. The summed E-state index contributed by atoms with van der Waals surface area (Å²) in [4.78, 5) is 5.44. The molecule has 0 saturated carbocycles. The summed E-state index contributed by atoms with van der Waals surface area (Å²) in [5.41, 5.74) is 0. The summed E-state index contributed by atoms with van der Waals surface area (Å²) in [6.07, 6.45) is 3.80. The van der Waals surface area contributed by atoms with Crippen LogP contribution in [0.5, 0.6) is 0 Å². The minimum atomic E-state index is -3.15. The second-order valence-electron chi connectivity index (χ2n) is 8.25. The monoisotopic (exact) mass is 394 g/mol. The van der Waals surface area contributed by atoms with Crippen molar-refractivity contribution in [3.63, 3.8) is 0 Å². The van der Waals surface area contributed by atoms with E-state index in [4.69, 9.17) is 4.74 Å². The zero-order valence-corrected chi connectivity index (χ0v) is 17.5. The summed E-state index contributed by atoms with van der Waals surface area (Å²) in [6, 6.07) is 8.80. The molecule has 6 heteroatoms. The second-order valence-corrected chi connectivity index (χ2v) is 10.4. The molecule has 2 saturated heterocycles. The van der Waals surface area contributed by atoms with Gasteiger partial charge in [-0.05, 0) is 70.8 Å². The van der Waals surface area contributed by atoms with Gasteiger partial charge in [0, 0.05) is 19.6 Å². The lowest BCUT2D eigenvalue weighted by Crippen LogP contribution is -2.48. The van der Waals surface area contributed by atoms with Gasteiger partial charge < -0.3 is 9.64 Å². The standard InChI is InChI=1S/C21H34N2O3S/c1-18-15-23(16-19(2)26-18)17-20-9-12-22(13-10-20)11-6-14-27(24,25)21-7-4-3-5-8-21/h3-5,7-8,18-20H,6,9-17H2,1-2H3. The molecule has 2 heterocycles. The number of hydrogen-bond donors (Lipinski definition) is 0. The van der Waals surface area contributed by atoms with Crippen LogP contribution in [0.25, 0.3) is 0 Å². The number of rotatable bonds is 7. The fourth-order valence-corrected chi connectivity index (χ4v) is 5.73. The highest BCUT2D eigenvalue weighted by atomic mass is 32.2. The lowest BCUT2D eigenvalue weighted by Gasteiger charge is -2.39. The highest BCUT2D eigenvalue weighted by molar-refractivity contribution is 7.91. The van der Waals surface area contributed by atoms with Gasteiger partial charge in [-0.2, -0.15) is 0 Å². The van der Waals surface area contributed by atoms with Crippen molar-refractivity contribution in [2.75, 3.05) is 45.0 Å². The van der Waals surface area contributed by atoms with Crippen LogP contribution in [0.1, 0.15) is 33.1 Å². The molecular formula is C21H34N2O3S. The zero-order chi connectivity index (χ0) is 19.3. The van der Waals surface area contributed by atoms with Gasteiger partial charge in [-0.1, -0.05) is 18.2 Å². The van der Waals surface area contributed by atoms with Gasteiger partial charge >= 0.3 is 0 Å². The molecule has 0 aromatic heterocycles. The molecular weight excluding hydrogens is 360 g/mol. The molecule has 152 valence electrons. The van der Waals surface area contributed by atoms with Gasteiger partial charge in [0.1, 0.15) is 0 Å². The van der Waals surface area contributed by atoms with Crippen molar-refractivity contribution in [3.8, 4) is 0 Å². The maximum absolute atomic E-state index is 12.4. The topological polar surface area (TPSA) is 49.9 Å². The number of likely N-dealkylation sites (tertiary alicyclic amines) is 1. The van der Waals surface area contributed by atoms with Gasteiger partial charge in [0.15, 0.2) is 9.84 Å². The van der Waals surface area contributed by atoms with Crippen molar-refractivity contribution in [1.29, 1.82) is 0 Å². The lowest BCUT2D eigenvalue weighted by atomic mass is 9.95.